The maximum atomic E-state index is 5.72. The number of aryl methyl sites for hydroxylation is 1. The van der Waals surface area contributed by atoms with Gasteiger partial charge in [-0.25, -0.2) is 9.67 Å². The molecule has 1 aliphatic heterocycles. The molecule has 1 unspecified atom stereocenters. The van der Waals surface area contributed by atoms with Gasteiger partial charge >= 0.3 is 0 Å². The highest BCUT2D eigenvalue weighted by molar-refractivity contribution is 5.32. The summed E-state index contributed by atoms with van der Waals surface area (Å²) in [5, 5.41) is 4.66. The van der Waals surface area contributed by atoms with Gasteiger partial charge in [0.05, 0.1) is 18.4 Å². The van der Waals surface area contributed by atoms with E-state index in [1.54, 1.807) is 6.20 Å². The van der Waals surface area contributed by atoms with Crippen molar-refractivity contribution in [1.82, 2.24) is 19.7 Å². The predicted molar refractivity (Wildman–Crippen MR) is 84.9 cm³/mol. The maximum Gasteiger partial charge on any atom is 0.153 e. The molecule has 1 atom stereocenters. The number of hydrogen-bond donors (Lipinski definition) is 1. The topological polar surface area (TPSA) is 69.2 Å². The van der Waals surface area contributed by atoms with Crippen molar-refractivity contribution in [1.29, 1.82) is 0 Å². The van der Waals surface area contributed by atoms with Gasteiger partial charge in [-0.2, -0.15) is 5.10 Å². The first-order valence-electron chi connectivity index (χ1n) is 7.69. The molecule has 6 nitrogen and oxygen atoms in total. The Hall–Kier alpha value is -1.76. The van der Waals surface area contributed by atoms with Gasteiger partial charge in [-0.05, 0) is 26.0 Å². The van der Waals surface area contributed by atoms with Gasteiger partial charge in [0, 0.05) is 43.6 Å². The summed E-state index contributed by atoms with van der Waals surface area (Å²) in [7, 11) is 0. The Labute approximate surface area is 130 Å². The third-order valence-electron chi connectivity index (χ3n) is 4.17. The molecule has 2 aromatic heterocycles. The van der Waals surface area contributed by atoms with Crippen LogP contribution in [0.2, 0.25) is 0 Å². The highest BCUT2D eigenvalue weighted by atomic mass is 16.5. The molecule has 1 saturated heterocycles. The van der Waals surface area contributed by atoms with Crippen molar-refractivity contribution < 1.29 is 4.74 Å². The first-order valence-corrected chi connectivity index (χ1v) is 7.69. The number of morpholine rings is 1. The highest BCUT2D eigenvalue weighted by Crippen LogP contribution is 2.19. The standard InChI is InChI=1S/C16H23N5O/c1-12-15(11-20-7-8-22-14(9-17)10-20)13(2)21(19-12)16-5-3-4-6-18-16/h3-6,14H,7-11,17H2,1-2H3. The Balaban J connectivity index is 1.81. The summed E-state index contributed by atoms with van der Waals surface area (Å²) >= 11 is 0. The van der Waals surface area contributed by atoms with Crippen LogP contribution in [-0.4, -0.2) is 52.0 Å². The van der Waals surface area contributed by atoms with Gasteiger partial charge in [-0.15, -0.1) is 0 Å². The van der Waals surface area contributed by atoms with E-state index >= 15 is 0 Å². The number of rotatable bonds is 4. The van der Waals surface area contributed by atoms with E-state index in [0.29, 0.717) is 6.54 Å². The van der Waals surface area contributed by atoms with E-state index in [0.717, 1.165) is 43.4 Å². The Bertz CT molecular complexity index is 625. The minimum Gasteiger partial charge on any atom is -0.374 e. The Kier molecular flexibility index (Phi) is 4.52. The Morgan fingerprint density at radius 3 is 2.95 bits per heavy atom. The molecule has 118 valence electrons. The van der Waals surface area contributed by atoms with Crippen LogP contribution < -0.4 is 5.73 Å². The zero-order valence-corrected chi connectivity index (χ0v) is 13.2. The van der Waals surface area contributed by atoms with Crippen LogP contribution in [-0.2, 0) is 11.3 Å². The van der Waals surface area contributed by atoms with E-state index in [1.807, 2.05) is 22.9 Å². The molecule has 0 aromatic carbocycles. The molecule has 6 heteroatoms. The SMILES string of the molecule is Cc1nn(-c2ccccn2)c(C)c1CN1CCOC(CN)C1. The van der Waals surface area contributed by atoms with Gasteiger partial charge < -0.3 is 10.5 Å². The van der Waals surface area contributed by atoms with E-state index in [-0.39, 0.29) is 6.10 Å². The molecule has 0 aliphatic carbocycles. The van der Waals surface area contributed by atoms with Crippen LogP contribution in [0.1, 0.15) is 17.0 Å². The first kappa shape index (κ1) is 15.1. The Morgan fingerprint density at radius 2 is 2.23 bits per heavy atom. The molecule has 22 heavy (non-hydrogen) atoms. The van der Waals surface area contributed by atoms with Gasteiger partial charge in [-0.3, -0.25) is 4.90 Å². The largest absolute Gasteiger partial charge is 0.374 e. The fourth-order valence-corrected chi connectivity index (χ4v) is 2.90. The minimum absolute atomic E-state index is 0.139. The summed E-state index contributed by atoms with van der Waals surface area (Å²) in [6.45, 7) is 8.17. The second kappa shape index (κ2) is 6.56. The number of aromatic nitrogens is 3. The molecule has 3 rings (SSSR count). The summed E-state index contributed by atoms with van der Waals surface area (Å²) in [6.07, 6.45) is 1.93. The van der Waals surface area contributed by atoms with Crippen molar-refractivity contribution in [3.8, 4) is 5.82 Å². The van der Waals surface area contributed by atoms with E-state index in [1.165, 1.54) is 5.56 Å². The fourth-order valence-electron chi connectivity index (χ4n) is 2.90. The van der Waals surface area contributed by atoms with E-state index in [2.05, 4.69) is 28.8 Å². The summed E-state index contributed by atoms with van der Waals surface area (Å²) in [4.78, 5) is 6.78. The summed E-state index contributed by atoms with van der Waals surface area (Å²) in [5.41, 5.74) is 9.19. The maximum absolute atomic E-state index is 5.72. The minimum atomic E-state index is 0.139. The average Bonchev–Trinajstić information content (AvgIpc) is 2.84. The van der Waals surface area contributed by atoms with Crippen LogP contribution in [0, 0.1) is 13.8 Å². The molecule has 0 amide bonds. The van der Waals surface area contributed by atoms with Crippen molar-refractivity contribution >= 4 is 0 Å². The van der Waals surface area contributed by atoms with Crippen LogP contribution >= 0.6 is 0 Å². The van der Waals surface area contributed by atoms with Crippen LogP contribution in [0.5, 0.6) is 0 Å². The lowest BCUT2D eigenvalue weighted by Gasteiger charge is -2.32. The van der Waals surface area contributed by atoms with Crippen molar-refractivity contribution in [3.63, 3.8) is 0 Å². The molecule has 0 radical (unpaired) electrons. The van der Waals surface area contributed by atoms with Crippen LogP contribution in [0.15, 0.2) is 24.4 Å². The van der Waals surface area contributed by atoms with Gasteiger partial charge in [0.25, 0.3) is 0 Å². The molecule has 3 heterocycles. The summed E-state index contributed by atoms with van der Waals surface area (Å²) < 4.78 is 7.55. The lowest BCUT2D eigenvalue weighted by molar-refractivity contribution is -0.0261. The molecule has 1 aliphatic rings. The van der Waals surface area contributed by atoms with E-state index in [9.17, 15) is 0 Å². The Morgan fingerprint density at radius 1 is 1.36 bits per heavy atom. The first-order chi connectivity index (χ1) is 10.7. The van der Waals surface area contributed by atoms with Crippen LogP contribution in [0.3, 0.4) is 0 Å². The number of pyridine rings is 1. The van der Waals surface area contributed by atoms with Crippen molar-refractivity contribution in [2.45, 2.75) is 26.5 Å². The fraction of sp³-hybridized carbons (Fsp3) is 0.500. The lowest BCUT2D eigenvalue weighted by Crippen LogP contribution is -2.45. The third-order valence-corrected chi connectivity index (χ3v) is 4.17. The summed E-state index contributed by atoms with van der Waals surface area (Å²) in [5.74, 6) is 0.858. The molecule has 0 bridgehead atoms. The van der Waals surface area contributed by atoms with E-state index < -0.39 is 0 Å². The number of hydrogen-bond acceptors (Lipinski definition) is 5. The zero-order chi connectivity index (χ0) is 15.5. The van der Waals surface area contributed by atoms with Crippen molar-refractivity contribution in [2.75, 3.05) is 26.2 Å². The van der Waals surface area contributed by atoms with Gasteiger partial charge in [0.1, 0.15) is 0 Å². The van der Waals surface area contributed by atoms with Crippen molar-refractivity contribution in [2.24, 2.45) is 5.73 Å². The number of ether oxygens (including phenoxy) is 1. The smallest absolute Gasteiger partial charge is 0.153 e. The van der Waals surface area contributed by atoms with Gasteiger partial charge in [0.15, 0.2) is 5.82 Å². The second-order valence-corrected chi connectivity index (χ2v) is 5.71. The monoisotopic (exact) mass is 301 g/mol. The quantitative estimate of drug-likeness (QED) is 0.914. The molecule has 1 fully saturated rings. The molecular formula is C16H23N5O. The summed E-state index contributed by atoms with van der Waals surface area (Å²) in [6, 6.07) is 5.87. The second-order valence-electron chi connectivity index (χ2n) is 5.71. The van der Waals surface area contributed by atoms with E-state index in [4.69, 9.17) is 10.5 Å². The highest BCUT2D eigenvalue weighted by Gasteiger charge is 2.22. The predicted octanol–water partition coefficient (Wildman–Crippen LogP) is 1.04. The molecule has 0 saturated carbocycles. The third kappa shape index (κ3) is 3.04. The molecule has 2 N–H and O–H groups in total. The molecular weight excluding hydrogens is 278 g/mol. The molecule has 0 spiro atoms. The van der Waals surface area contributed by atoms with Gasteiger partial charge in [0.2, 0.25) is 0 Å². The lowest BCUT2D eigenvalue weighted by atomic mass is 10.1. The molecule has 2 aromatic rings. The van der Waals surface area contributed by atoms with Crippen molar-refractivity contribution in [3.05, 3.63) is 41.3 Å². The normalized spacial score (nSPS) is 19.5. The average molecular weight is 301 g/mol. The van der Waals surface area contributed by atoms with Crippen LogP contribution in [0.4, 0.5) is 0 Å². The van der Waals surface area contributed by atoms with Gasteiger partial charge in [-0.1, -0.05) is 6.07 Å². The number of nitrogens with zero attached hydrogens (tertiary/aromatic N) is 4. The number of nitrogens with two attached hydrogens (primary N) is 1. The van der Waals surface area contributed by atoms with Crippen LogP contribution in [0.25, 0.3) is 5.82 Å². The zero-order valence-electron chi connectivity index (χ0n) is 13.2.